The first kappa shape index (κ1) is 22.3. The number of benzene rings is 1. The average molecular weight is 472 g/mol. The molecule has 4 atom stereocenters. The van der Waals surface area contributed by atoms with Gasteiger partial charge in [0.15, 0.2) is 5.69 Å². The number of nitrogens with one attached hydrogen (secondary N) is 1. The monoisotopic (exact) mass is 472 g/mol. The van der Waals surface area contributed by atoms with Gasteiger partial charge in [-0.2, -0.15) is 13.2 Å². The number of halogens is 4. The van der Waals surface area contributed by atoms with Crippen LogP contribution in [0.25, 0.3) is 11.1 Å². The van der Waals surface area contributed by atoms with Gasteiger partial charge in [-0.25, -0.2) is 4.39 Å². The summed E-state index contributed by atoms with van der Waals surface area (Å²) in [5.74, 6) is -1.96. The molecule has 2 aromatic rings. The maximum Gasteiger partial charge on any atom is 0.433 e. The number of hydrogen-bond acceptors (Lipinski definition) is 4. The van der Waals surface area contributed by atoms with Gasteiger partial charge in [-0.15, -0.1) is 0 Å². The van der Waals surface area contributed by atoms with E-state index in [0.717, 1.165) is 23.4 Å². The number of carboxylic acids is 1. The van der Waals surface area contributed by atoms with Gasteiger partial charge in [0.25, 0.3) is 0 Å². The zero-order valence-electron chi connectivity index (χ0n) is 17.7. The highest BCUT2D eigenvalue weighted by Gasteiger charge is 2.44. The molecule has 0 amide bonds. The summed E-state index contributed by atoms with van der Waals surface area (Å²) in [6, 6.07) is 6.42. The standard InChI is InChI=1S/C25H20F4N2O3/c26-21-6-3-13(16-2-1-7-30-23(16)25(27,28)29)8-15(21)12-34-22-10-14-9-19-17(20(14)11-31-22)4-5-18(19)24(32)33/h1-8,10-11,17-19,22,31H,9,12H2,(H,32,33). The fraction of sp³-hybridized carbons (Fsp3) is 0.280. The second-order valence-electron chi connectivity index (χ2n) is 8.54. The van der Waals surface area contributed by atoms with E-state index in [1.54, 1.807) is 12.3 Å². The maximum atomic E-state index is 14.4. The Morgan fingerprint density at radius 2 is 2.06 bits per heavy atom. The van der Waals surface area contributed by atoms with E-state index >= 15 is 0 Å². The molecule has 1 aromatic carbocycles. The molecule has 1 fully saturated rings. The topological polar surface area (TPSA) is 71.5 Å². The Balaban J connectivity index is 1.32. The Bertz CT molecular complexity index is 1230. The number of dihydropyridines is 1. The van der Waals surface area contributed by atoms with Gasteiger partial charge in [-0.3, -0.25) is 9.78 Å². The molecule has 1 saturated carbocycles. The van der Waals surface area contributed by atoms with Crippen LogP contribution in [0.2, 0.25) is 0 Å². The highest BCUT2D eigenvalue weighted by Crippen LogP contribution is 2.50. The van der Waals surface area contributed by atoms with E-state index in [4.69, 9.17) is 4.74 Å². The van der Waals surface area contributed by atoms with Gasteiger partial charge in [0.2, 0.25) is 0 Å². The molecule has 4 unspecified atom stereocenters. The predicted molar refractivity (Wildman–Crippen MR) is 114 cm³/mol. The summed E-state index contributed by atoms with van der Waals surface area (Å²) in [4.78, 5) is 14.9. The van der Waals surface area contributed by atoms with Crippen molar-refractivity contribution in [1.82, 2.24) is 10.3 Å². The van der Waals surface area contributed by atoms with E-state index < -0.39 is 35.8 Å². The Morgan fingerprint density at radius 1 is 1.24 bits per heavy atom. The SMILES string of the molecule is O=C(O)C1C=CC2C3=CNC(OCc4cc(-c5cccnc5C(F)(F)F)ccc4F)C=C3CC12. The third-order valence-corrected chi connectivity index (χ3v) is 6.53. The van der Waals surface area contributed by atoms with Gasteiger partial charge in [0, 0.05) is 29.4 Å². The molecule has 2 aliphatic carbocycles. The zero-order chi connectivity index (χ0) is 24.0. The minimum atomic E-state index is -4.64. The first-order valence-electron chi connectivity index (χ1n) is 10.7. The third-order valence-electron chi connectivity index (χ3n) is 6.53. The Labute approximate surface area is 192 Å². The molecule has 0 bridgehead atoms. The Kier molecular flexibility index (Phi) is 5.51. The van der Waals surface area contributed by atoms with Crippen molar-refractivity contribution >= 4 is 5.97 Å². The van der Waals surface area contributed by atoms with Gasteiger partial charge in [-0.05, 0) is 53.3 Å². The number of aliphatic carboxylic acids is 1. The lowest BCUT2D eigenvalue weighted by atomic mass is 9.90. The van der Waals surface area contributed by atoms with Crippen LogP contribution in [0.3, 0.4) is 0 Å². The largest absolute Gasteiger partial charge is 0.481 e. The molecule has 0 spiro atoms. The fourth-order valence-corrected chi connectivity index (χ4v) is 4.94. The lowest BCUT2D eigenvalue weighted by molar-refractivity contribution is -0.142. The van der Waals surface area contributed by atoms with Crippen LogP contribution in [0.1, 0.15) is 17.7 Å². The van der Waals surface area contributed by atoms with Gasteiger partial charge in [-0.1, -0.05) is 24.3 Å². The van der Waals surface area contributed by atoms with Crippen LogP contribution in [0.5, 0.6) is 0 Å². The van der Waals surface area contributed by atoms with Gasteiger partial charge < -0.3 is 15.2 Å². The van der Waals surface area contributed by atoms with Crippen LogP contribution >= 0.6 is 0 Å². The Morgan fingerprint density at radius 3 is 2.82 bits per heavy atom. The summed E-state index contributed by atoms with van der Waals surface area (Å²) in [5.41, 5.74) is 1.14. The van der Waals surface area contributed by atoms with Crippen molar-refractivity contribution in [3.8, 4) is 11.1 Å². The molecule has 1 aromatic heterocycles. The van der Waals surface area contributed by atoms with Crippen LogP contribution < -0.4 is 5.32 Å². The number of allylic oxidation sites excluding steroid dienone is 3. The molecule has 9 heteroatoms. The van der Waals surface area contributed by atoms with Gasteiger partial charge >= 0.3 is 12.1 Å². The van der Waals surface area contributed by atoms with Crippen LogP contribution in [0.4, 0.5) is 17.6 Å². The first-order chi connectivity index (χ1) is 16.2. The van der Waals surface area contributed by atoms with E-state index in [1.807, 2.05) is 12.2 Å². The molecule has 34 heavy (non-hydrogen) atoms. The quantitative estimate of drug-likeness (QED) is 0.470. The summed E-state index contributed by atoms with van der Waals surface area (Å²) >= 11 is 0. The summed E-state index contributed by atoms with van der Waals surface area (Å²) in [6.45, 7) is -0.170. The molecule has 176 valence electrons. The van der Waals surface area contributed by atoms with Crippen molar-refractivity contribution in [2.45, 2.75) is 25.4 Å². The molecule has 3 aliphatic rings. The maximum absolute atomic E-state index is 14.4. The molecule has 0 saturated heterocycles. The fourth-order valence-electron chi connectivity index (χ4n) is 4.94. The lowest BCUT2D eigenvalue weighted by Gasteiger charge is -2.22. The van der Waals surface area contributed by atoms with Crippen molar-refractivity contribution in [2.75, 3.05) is 0 Å². The number of rotatable bonds is 5. The van der Waals surface area contributed by atoms with E-state index in [0.29, 0.717) is 6.42 Å². The van der Waals surface area contributed by atoms with E-state index in [9.17, 15) is 27.5 Å². The minimum Gasteiger partial charge on any atom is -0.481 e. The number of fused-ring (bicyclic) bond motifs is 3. The van der Waals surface area contributed by atoms with Crippen molar-refractivity contribution < 1.29 is 32.2 Å². The van der Waals surface area contributed by atoms with Gasteiger partial charge in [0.05, 0.1) is 12.5 Å². The predicted octanol–water partition coefficient (Wildman–Crippen LogP) is 5.07. The average Bonchev–Trinajstić information content (AvgIpc) is 3.37. The van der Waals surface area contributed by atoms with E-state index in [2.05, 4.69) is 10.3 Å². The second kappa shape index (κ2) is 8.39. The molecule has 5 nitrogen and oxygen atoms in total. The molecule has 2 N–H and O–H groups in total. The molecular weight excluding hydrogens is 452 g/mol. The smallest absolute Gasteiger partial charge is 0.433 e. The summed E-state index contributed by atoms with van der Waals surface area (Å²) in [6.07, 6.45) is 3.77. The second-order valence-corrected chi connectivity index (χ2v) is 8.54. The highest BCUT2D eigenvalue weighted by atomic mass is 19.4. The molecule has 1 aliphatic heterocycles. The van der Waals surface area contributed by atoms with E-state index in [1.165, 1.54) is 24.3 Å². The number of aromatic nitrogens is 1. The molecule has 0 radical (unpaired) electrons. The van der Waals surface area contributed by atoms with Gasteiger partial charge in [0.1, 0.15) is 12.0 Å². The molecule has 5 rings (SSSR count). The summed E-state index contributed by atoms with van der Waals surface area (Å²) in [7, 11) is 0. The number of pyridine rings is 1. The number of carboxylic acid groups (broad SMARTS) is 1. The van der Waals surface area contributed by atoms with Crippen LogP contribution in [-0.2, 0) is 22.3 Å². The minimum absolute atomic E-state index is 0.0352. The first-order valence-corrected chi connectivity index (χ1v) is 10.7. The number of hydrogen-bond donors (Lipinski definition) is 2. The van der Waals surface area contributed by atoms with E-state index in [-0.39, 0.29) is 35.1 Å². The number of ether oxygens (including phenoxy) is 1. The molecule has 2 heterocycles. The Hall–Kier alpha value is -3.46. The van der Waals surface area contributed by atoms with Crippen molar-refractivity contribution in [2.24, 2.45) is 17.8 Å². The van der Waals surface area contributed by atoms with Crippen molar-refractivity contribution in [1.29, 1.82) is 0 Å². The summed E-state index contributed by atoms with van der Waals surface area (Å²) < 4.78 is 60.3. The normalized spacial score (nSPS) is 25.3. The van der Waals surface area contributed by atoms with Crippen LogP contribution in [0.15, 0.2) is 72.1 Å². The highest BCUT2D eigenvalue weighted by molar-refractivity contribution is 5.74. The number of alkyl halides is 3. The summed E-state index contributed by atoms with van der Waals surface area (Å²) in [5, 5.41) is 12.5. The lowest BCUT2D eigenvalue weighted by Crippen LogP contribution is -2.29. The van der Waals surface area contributed by atoms with Crippen molar-refractivity contribution in [3.63, 3.8) is 0 Å². The van der Waals surface area contributed by atoms with Crippen LogP contribution in [0, 0.1) is 23.6 Å². The molecular formula is C25H20F4N2O3. The number of carbonyl (C=O) groups is 1. The number of nitrogens with zero attached hydrogens (tertiary/aromatic N) is 1. The van der Waals surface area contributed by atoms with Crippen LogP contribution in [-0.4, -0.2) is 22.3 Å². The third kappa shape index (κ3) is 4.00. The zero-order valence-corrected chi connectivity index (χ0v) is 17.7. The van der Waals surface area contributed by atoms with Crippen molar-refractivity contribution in [3.05, 3.63) is 89.2 Å².